The first kappa shape index (κ1) is 17.8. The van der Waals surface area contributed by atoms with Crippen molar-refractivity contribution in [2.24, 2.45) is 4.99 Å². The smallest absolute Gasteiger partial charge is 0.264 e. The van der Waals surface area contributed by atoms with Gasteiger partial charge in [0.2, 0.25) is 0 Å². The molecule has 5 nitrogen and oxygen atoms in total. The quantitative estimate of drug-likeness (QED) is 0.808. The molecule has 1 saturated heterocycles. The topological polar surface area (TPSA) is 59.9 Å². The van der Waals surface area contributed by atoms with Crippen LogP contribution in [0.15, 0.2) is 70.6 Å². The van der Waals surface area contributed by atoms with Crippen LogP contribution < -0.4 is 14.8 Å². The highest BCUT2D eigenvalue weighted by Gasteiger charge is 2.23. The van der Waals surface area contributed by atoms with Gasteiger partial charge in [0.05, 0.1) is 19.1 Å². The van der Waals surface area contributed by atoms with Crippen LogP contribution in [0.4, 0.5) is 5.69 Å². The van der Waals surface area contributed by atoms with Gasteiger partial charge in [0.15, 0.2) is 5.17 Å². The number of thioether (sulfide) groups is 1. The number of allylic oxidation sites excluding steroid dienone is 2. The number of ether oxygens (including phenoxy) is 2. The van der Waals surface area contributed by atoms with Gasteiger partial charge in [-0.2, -0.15) is 0 Å². The van der Waals surface area contributed by atoms with Crippen molar-refractivity contribution in [2.75, 3.05) is 14.2 Å². The van der Waals surface area contributed by atoms with Crippen molar-refractivity contribution in [1.82, 2.24) is 5.32 Å². The van der Waals surface area contributed by atoms with E-state index in [9.17, 15) is 4.79 Å². The fraction of sp³-hybridized carbons (Fsp3) is 0.100. The average Bonchev–Trinajstić information content (AvgIpc) is 3.02. The van der Waals surface area contributed by atoms with E-state index in [4.69, 9.17) is 9.47 Å². The van der Waals surface area contributed by atoms with Crippen molar-refractivity contribution in [3.63, 3.8) is 0 Å². The van der Waals surface area contributed by atoms with Crippen LogP contribution in [0.3, 0.4) is 0 Å². The number of aliphatic imine (C=N–C) groups is 1. The summed E-state index contributed by atoms with van der Waals surface area (Å²) in [5.41, 5.74) is 1.70. The number of hydrogen-bond donors (Lipinski definition) is 1. The van der Waals surface area contributed by atoms with Gasteiger partial charge in [-0.05, 0) is 35.5 Å². The Bertz CT molecular complexity index is 889. The number of methoxy groups -OCH3 is 2. The first-order chi connectivity index (χ1) is 12.7. The van der Waals surface area contributed by atoms with E-state index in [1.54, 1.807) is 38.5 Å². The van der Waals surface area contributed by atoms with E-state index < -0.39 is 0 Å². The third kappa shape index (κ3) is 4.34. The van der Waals surface area contributed by atoms with Gasteiger partial charge in [0.25, 0.3) is 5.91 Å². The molecule has 1 amide bonds. The zero-order valence-corrected chi connectivity index (χ0v) is 15.2. The van der Waals surface area contributed by atoms with Gasteiger partial charge in [-0.3, -0.25) is 4.79 Å². The highest BCUT2D eigenvalue weighted by atomic mass is 32.2. The SMILES string of the molecule is COc1ccc(N=C2NC(=O)/C(=C/C=C/c3ccccc3)S2)c(OC)c1. The minimum atomic E-state index is -0.168. The predicted molar refractivity (Wildman–Crippen MR) is 106 cm³/mol. The van der Waals surface area contributed by atoms with Crippen molar-refractivity contribution in [3.8, 4) is 11.5 Å². The maximum atomic E-state index is 12.1. The molecule has 6 heteroatoms. The molecule has 1 N–H and O–H groups in total. The van der Waals surface area contributed by atoms with Crippen molar-refractivity contribution in [2.45, 2.75) is 0 Å². The number of amides is 1. The first-order valence-corrected chi connectivity index (χ1v) is 8.74. The molecule has 1 aliphatic heterocycles. The monoisotopic (exact) mass is 366 g/mol. The summed E-state index contributed by atoms with van der Waals surface area (Å²) >= 11 is 1.29. The van der Waals surface area contributed by atoms with Crippen LogP contribution in [0.25, 0.3) is 6.08 Å². The molecule has 2 aromatic rings. The summed E-state index contributed by atoms with van der Waals surface area (Å²) < 4.78 is 10.5. The summed E-state index contributed by atoms with van der Waals surface area (Å²) in [4.78, 5) is 17.2. The highest BCUT2D eigenvalue weighted by Crippen LogP contribution is 2.34. The van der Waals surface area contributed by atoms with Crippen molar-refractivity contribution in [3.05, 3.63) is 71.2 Å². The molecule has 0 aromatic heterocycles. The van der Waals surface area contributed by atoms with Gasteiger partial charge in [-0.15, -0.1) is 0 Å². The Morgan fingerprint density at radius 1 is 1.08 bits per heavy atom. The number of nitrogens with one attached hydrogen (secondary N) is 1. The first-order valence-electron chi connectivity index (χ1n) is 7.93. The molecule has 1 fully saturated rings. The van der Waals surface area contributed by atoms with Crippen LogP contribution in [-0.4, -0.2) is 25.3 Å². The molecule has 0 saturated carbocycles. The lowest BCUT2D eigenvalue weighted by atomic mass is 10.2. The zero-order chi connectivity index (χ0) is 18.4. The molecule has 0 bridgehead atoms. The third-order valence-corrected chi connectivity index (χ3v) is 4.52. The second-order valence-corrected chi connectivity index (χ2v) is 6.34. The van der Waals surface area contributed by atoms with Crippen molar-refractivity contribution < 1.29 is 14.3 Å². The Balaban J connectivity index is 1.76. The molecular weight excluding hydrogens is 348 g/mol. The largest absolute Gasteiger partial charge is 0.497 e. The Hall–Kier alpha value is -2.99. The summed E-state index contributed by atoms with van der Waals surface area (Å²) in [5.74, 6) is 1.09. The molecule has 0 aliphatic carbocycles. The summed E-state index contributed by atoms with van der Waals surface area (Å²) in [6, 6.07) is 15.2. The zero-order valence-electron chi connectivity index (χ0n) is 14.4. The molecule has 26 heavy (non-hydrogen) atoms. The van der Waals surface area contributed by atoms with Gasteiger partial charge in [-0.1, -0.05) is 42.5 Å². The number of hydrogen-bond acceptors (Lipinski definition) is 5. The van der Waals surface area contributed by atoms with Gasteiger partial charge >= 0.3 is 0 Å². The number of rotatable bonds is 5. The lowest BCUT2D eigenvalue weighted by molar-refractivity contribution is -0.115. The van der Waals surface area contributed by atoms with E-state index in [-0.39, 0.29) is 5.91 Å². The minimum Gasteiger partial charge on any atom is -0.497 e. The number of nitrogens with zero attached hydrogens (tertiary/aromatic N) is 1. The molecular formula is C20H18N2O3S. The number of benzene rings is 2. The summed E-state index contributed by atoms with van der Waals surface area (Å²) in [6.07, 6.45) is 5.58. The molecule has 3 rings (SSSR count). The van der Waals surface area contributed by atoms with Crippen LogP contribution >= 0.6 is 11.8 Å². The van der Waals surface area contributed by atoms with E-state index in [1.165, 1.54) is 11.8 Å². The van der Waals surface area contributed by atoms with E-state index in [2.05, 4.69) is 10.3 Å². The summed E-state index contributed by atoms with van der Waals surface area (Å²) in [5, 5.41) is 3.28. The number of amidine groups is 1. The Kier molecular flexibility index (Phi) is 5.76. The normalized spacial score (nSPS) is 17.1. The van der Waals surface area contributed by atoms with Crippen LogP contribution in [0.2, 0.25) is 0 Å². The molecule has 1 heterocycles. The van der Waals surface area contributed by atoms with Gasteiger partial charge < -0.3 is 14.8 Å². The lowest BCUT2D eigenvalue weighted by Crippen LogP contribution is -2.19. The molecule has 0 unspecified atom stereocenters. The lowest BCUT2D eigenvalue weighted by Gasteiger charge is -2.07. The maximum absolute atomic E-state index is 12.1. The molecule has 0 spiro atoms. The Morgan fingerprint density at radius 2 is 1.88 bits per heavy atom. The fourth-order valence-electron chi connectivity index (χ4n) is 2.29. The van der Waals surface area contributed by atoms with Crippen molar-refractivity contribution in [1.29, 1.82) is 0 Å². The third-order valence-electron chi connectivity index (χ3n) is 3.60. The van der Waals surface area contributed by atoms with Crippen LogP contribution in [0.1, 0.15) is 5.56 Å². The van der Waals surface area contributed by atoms with Crippen LogP contribution in [-0.2, 0) is 4.79 Å². The van der Waals surface area contributed by atoms with Crippen LogP contribution in [0.5, 0.6) is 11.5 Å². The molecule has 0 atom stereocenters. The van der Waals surface area contributed by atoms with Crippen molar-refractivity contribution >= 4 is 34.6 Å². The van der Waals surface area contributed by atoms with E-state index in [1.807, 2.05) is 42.5 Å². The second kappa shape index (κ2) is 8.40. The molecule has 0 radical (unpaired) electrons. The average molecular weight is 366 g/mol. The number of carbonyl (C=O) groups excluding carboxylic acids is 1. The second-order valence-electron chi connectivity index (χ2n) is 5.31. The predicted octanol–water partition coefficient (Wildman–Crippen LogP) is 4.15. The molecule has 1 aliphatic rings. The summed E-state index contributed by atoms with van der Waals surface area (Å²) in [6.45, 7) is 0. The van der Waals surface area contributed by atoms with Gasteiger partial charge in [0, 0.05) is 6.07 Å². The Labute approximate surface area is 156 Å². The maximum Gasteiger partial charge on any atom is 0.264 e. The fourth-order valence-corrected chi connectivity index (χ4v) is 3.08. The van der Waals surface area contributed by atoms with E-state index >= 15 is 0 Å². The standard InChI is InChI=1S/C20H18N2O3S/c1-24-15-11-12-16(17(13-15)25-2)21-20-22-19(23)18(26-20)10-6-9-14-7-4-3-5-8-14/h3-13H,1-2H3,(H,21,22,23)/b9-6+,18-10-. The summed E-state index contributed by atoms with van der Waals surface area (Å²) in [7, 11) is 3.16. The van der Waals surface area contributed by atoms with E-state index in [0.717, 1.165) is 5.56 Å². The molecule has 2 aromatic carbocycles. The van der Waals surface area contributed by atoms with Gasteiger partial charge in [-0.25, -0.2) is 4.99 Å². The highest BCUT2D eigenvalue weighted by molar-refractivity contribution is 8.18. The van der Waals surface area contributed by atoms with Gasteiger partial charge in [0.1, 0.15) is 17.2 Å². The van der Waals surface area contributed by atoms with E-state index in [0.29, 0.717) is 27.3 Å². The number of carbonyl (C=O) groups is 1. The Morgan fingerprint density at radius 3 is 2.62 bits per heavy atom. The molecule has 132 valence electrons. The van der Waals surface area contributed by atoms with Crippen LogP contribution in [0, 0.1) is 0 Å². The minimum absolute atomic E-state index is 0.168.